The van der Waals surface area contributed by atoms with Gasteiger partial charge in [0.1, 0.15) is 11.1 Å². The molecule has 0 aliphatic heterocycles. The molecule has 1 saturated carbocycles. The van der Waals surface area contributed by atoms with Gasteiger partial charge in [-0.1, -0.05) is 12.1 Å². The van der Waals surface area contributed by atoms with Crippen molar-refractivity contribution in [1.29, 1.82) is 5.26 Å². The molecule has 0 atom stereocenters. The van der Waals surface area contributed by atoms with Crippen molar-refractivity contribution in [2.45, 2.75) is 44.9 Å². The maximum absolute atomic E-state index is 9.51. The first-order chi connectivity index (χ1) is 10.8. The third-order valence-corrected chi connectivity index (χ3v) is 5.64. The second-order valence-electron chi connectivity index (χ2n) is 6.17. The van der Waals surface area contributed by atoms with Crippen LogP contribution in [0.15, 0.2) is 29.2 Å². The van der Waals surface area contributed by atoms with Gasteiger partial charge in [-0.25, -0.2) is 4.98 Å². The van der Waals surface area contributed by atoms with E-state index in [2.05, 4.69) is 29.6 Å². The summed E-state index contributed by atoms with van der Waals surface area (Å²) in [5.74, 6) is 0. The summed E-state index contributed by atoms with van der Waals surface area (Å²) in [6.45, 7) is 0. The van der Waals surface area contributed by atoms with Gasteiger partial charge in [-0.05, 0) is 67.7 Å². The van der Waals surface area contributed by atoms with Crippen molar-refractivity contribution >= 4 is 16.9 Å². The van der Waals surface area contributed by atoms with Gasteiger partial charge in [-0.15, -0.1) is 11.3 Å². The zero-order valence-electron chi connectivity index (χ0n) is 12.6. The number of aromatic nitrogens is 1. The molecule has 110 valence electrons. The van der Waals surface area contributed by atoms with Crippen LogP contribution in [0, 0.1) is 11.3 Å². The summed E-state index contributed by atoms with van der Waals surface area (Å²) in [6.07, 6.45) is 8.22. The van der Waals surface area contributed by atoms with Crippen LogP contribution in [0.3, 0.4) is 0 Å². The van der Waals surface area contributed by atoms with Crippen LogP contribution in [-0.4, -0.2) is 4.98 Å². The number of nitrogens with zero attached hydrogens (tertiary/aromatic N) is 2. The number of benzene rings is 1. The van der Waals surface area contributed by atoms with Crippen molar-refractivity contribution in [2.75, 3.05) is 0 Å². The van der Waals surface area contributed by atoms with Gasteiger partial charge < -0.3 is 0 Å². The predicted octanol–water partition coefficient (Wildman–Crippen LogP) is 5.15. The largest absolute Gasteiger partial charge is 0.235 e. The Morgan fingerprint density at radius 3 is 2.68 bits per heavy atom. The van der Waals surface area contributed by atoms with E-state index in [9.17, 15) is 5.26 Å². The normalized spacial score (nSPS) is 16.6. The van der Waals surface area contributed by atoms with Crippen molar-refractivity contribution in [1.82, 2.24) is 4.98 Å². The van der Waals surface area contributed by atoms with Crippen molar-refractivity contribution in [3.63, 3.8) is 0 Å². The number of hydrogen-bond donors (Lipinski definition) is 0. The van der Waals surface area contributed by atoms with Crippen molar-refractivity contribution < 1.29 is 0 Å². The van der Waals surface area contributed by atoms with Crippen LogP contribution < -0.4 is 0 Å². The first-order valence-corrected chi connectivity index (χ1v) is 8.93. The highest BCUT2D eigenvalue weighted by atomic mass is 32.1. The van der Waals surface area contributed by atoms with Gasteiger partial charge in [0, 0.05) is 10.9 Å². The van der Waals surface area contributed by atoms with Gasteiger partial charge in [0.2, 0.25) is 0 Å². The average Bonchev–Trinajstić information content (AvgIpc) is 3.29. The maximum Gasteiger partial charge on any atom is 0.134 e. The van der Waals surface area contributed by atoms with Gasteiger partial charge >= 0.3 is 0 Å². The number of thiazole rings is 1. The van der Waals surface area contributed by atoms with Crippen LogP contribution in [0.1, 0.15) is 48.2 Å². The van der Waals surface area contributed by atoms with Crippen molar-refractivity contribution in [2.24, 2.45) is 0 Å². The highest BCUT2D eigenvalue weighted by Crippen LogP contribution is 2.35. The summed E-state index contributed by atoms with van der Waals surface area (Å²) in [5.41, 5.74) is 7.30. The molecule has 0 unspecified atom stereocenters. The fraction of sp³-hybridized carbons (Fsp3) is 0.368. The lowest BCUT2D eigenvalue weighted by molar-refractivity contribution is 0.886. The molecule has 4 rings (SSSR count). The van der Waals surface area contributed by atoms with Gasteiger partial charge in [-0.2, -0.15) is 5.26 Å². The third kappa shape index (κ3) is 2.38. The predicted molar refractivity (Wildman–Crippen MR) is 90.6 cm³/mol. The molecule has 2 aliphatic rings. The number of hydrogen-bond acceptors (Lipinski definition) is 3. The molecule has 3 heteroatoms. The van der Waals surface area contributed by atoms with Crippen LogP contribution in [0.2, 0.25) is 0 Å². The molecular formula is C19H18N2S. The van der Waals surface area contributed by atoms with Gasteiger partial charge in [0.05, 0.1) is 11.3 Å². The lowest BCUT2D eigenvalue weighted by Gasteiger charge is -2.02. The molecule has 2 nitrogen and oxygen atoms in total. The Morgan fingerprint density at radius 2 is 1.86 bits per heavy atom. The molecule has 22 heavy (non-hydrogen) atoms. The number of rotatable bonds is 2. The zero-order chi connectivity index (χ0) is 14.9. The Labute approximate surface area is 135 Å². The van der Waals surface area contributed by atoms with E-state index in [0.29, 0.717) is 0 Å². The van der Waals surface area contributed by atoms with Crippen molar-refractivity contribution in [3.05, 3.63) is 45.3 Å². The van der Waals surface area contributed by atoms with Crippen molar-refractivity contribution in [3.8, 4) is 17.3 Å². The molecule has 2 aromatic rings. The highest BCUT2D eigenvalue weighted by molar-refractivity contribution is 7.11. The lowest BCUT2D eigenvalue weighted by atomic mass is 10.0. The van der Waals surface area contributed by atoms with Crippen LogP contribution >= 0.6 is 11.3 Å². The standard InChI is InChI=1S/C19H18N2S/c20-11-17(14-4-1-2-5-14)19-21-18(12-22-19)16-9-8-13-6-3-7-15(13)10-16/h8-10,12H,1-7H2. The highest BCUT2D eigenvalue weighted by Gasteiger charge is 2.18. The molecule has 0 spiro atoms. The zero-order valence-corrected chi connectivity index (χ0v) is 13.4. The molecule has 0 bridgehead atoms. The van der Waals surface area contributed by atoms with E-state index in [1.807, 2.05) is 0 Å². The summed E-state index contributed by atoms with van der Waals surface area (Å²) >= 11 is 1.61. The van der Waals surface area contributed by atoms with Gasteiger partial charge in [0.15, 0.2) is 0 Å². The Morgan fingerprint density at radius 1 is 1.05 bits per heavy atom. The molecule has 0 amide bonds. The van der Waals surface area contributed by atoms with Crippen LogP contribution in [0.4, 0.5) is 0 Å². The lowest BCUT2D eigenvalue weighted by Crippen LogP contribution is -1.88. The molecule has 0 radical (unpaired) electrons. The fourth-order valence-electron chi connectivity index (χ4n) is 3.58. The molecule has 1 heterocycles. The Hall–Kier alpha value is -1.92. The molecule has 1 aromatic heterocycles. The summed E-state index contributed by atoms with van der Waals surface area (Å²) in [5, 5.41) is 12.5. The second kappa shape index (κ2) is 5.70. The van der Waals surface area contributed by atoms with E-state index in [-0.39, 0.29) is 0 Å². The molecule has 1 fully saturated rings. The van der Waals surface area contributed by atoms with Gasteiger partial charge in [-0.3, -0.25) is 0 Å². The van der Waals surface area contributed by atoms with E-state index in [1.165, 1.54) is 54.4 Å². The first kappa shape index (κ1) is 13.7. The minimum Gasteiger partial charge on any atom is -0.235 e. The number of aryl methyl sites for hydroxylation is 2. The molecular weight excluding hydrogens is 288 g/mol. The van der Waals surface area contributed by atoms with E-state index in [0.717, 1.165) is 29.1 Å². The molecule has 0 saturated heterocycles. The minimum absolute atomic E-state index is 0.829. The third-order valence-electron chi connectivity index (χ3n) is 4.78. The van der Waals surface area contributed by atoms with E-state index in [4.69, 9.17) is 4.98 Å². The topological polar surface area (TPSA) is 36.7 Å². The van der Waals surface area contributed by atoms with Crippen LogP contribution in [0.5, 0.6) is 0 Å². The Balaban J connectivity index is 1.70. The van der Waals surface area contributed by atoms with E-state index in [1.54, 1.807) is 11.3 Å². The minimum atomic E-state index is 0.829. The smallest absolute Gasteiger partial charge is 0.134 e. The first-order valence-electron chi connectivity index (χ1n) is 8.05. The Bertz CT molecular complexity index is 784. The van der Waals surface area contributed by atoms with E-state index < -0.39 is 0 Å². The summed E-state index contributed by atoms with van der Waals surface area (Å²) in [6, 6.07) is 9.11. The number of nitriles is 1. The van der Waals surface area contributed by atoms with Crippen LogP contribution in [0.25, 0.3) is 16.8 Å². The maximum atomic E-state index is 9.51. The quantitative estimate of drug-likeness (QED) is 0.719. The Kier molecular flexibility index (Phi) is 3.56. The summed E-state index contributed by atoms with van der Waals surface area (Å²) in [4.78, 5) is 4.76. The average molecular weight is 306 g/mol. The SMILES string of the molecule is N#CC(=C1CCCC1)c1nc(-c2ccc3c(c2)CCC3)cs1. The number of fused-ring (bicyclic) bond motifs is 1. The number of allylic oxidation sites excluding steroid dienone is 2. The summed E-state index contributed by atoms with van der Waals surface area (Å²) in [7, 11) is 0. The van der Waals surface area contributed by atoms with E-state index >= 15 is 0 Å². The second-order valence-corrected chi connectivity index (χ2v) is 7.03. The van der Waals surface area contributed by atoms with Crippen LogP contribution in [-0.2, 0) is 12.8 Å². The monoisotopic (exact) mass is 306 g/mol. The molecule has 1 aromatic carbocycles. The molecule has 0 N–H and O–H groups in total. The van der Waals surface area contributed by atoms with Gasteiger partial charge in [0.25, 0.3) is 0 Å². The fourth-order valence-corrected chi connectivity index (χ4v) is 4.45. The molecule has 2 aliphatic carbocycles. The summed E-state index contributed by atoms with van der Waals surface area (Å²) < 4.78 is 0.